The number of aromatic nitrogens is 3. The summed E-state index contributed by atoms with van der Waals surface area (Å²) < 4.78 is 84.8. The highest BCUT2D eigenvalue weighted by atomic mass is 19.4. The Morgan fingerprint density at radius 3 is 2.26 bits per heavy atom. The van der Waals surface area contributed by atoms with E-state index in [1.807, 2.05) is 0 Å². The Kier molecular flexibility index (Phi) is 4.72. The van der Waals surface area contributed by atoms with Crippen LogP contribution in [0.15, 0.2) is 53.2 Å². The second-order valence-electron chi connectivity index (χ2n) is 6.56. The van der Waals surface area contributed by atoms with Crippen LogP contribution >= 0.6 is 0 Å². The molecule has 5 nitrogen and oxygen atoms in total. The van der Waals surface area contributed by atoms with Crippen molar-refractivity contribution in [3.8, 4) is 17.5 Å². The first-order valence-electron chi connectivity index (χ1n) is 8.67. The summed E-state index contributed by atoms with van der Waals surface area (Å²) in [6, 6.07) is 9.40. The SMILES string of the molecule is N#Cc1ccc2c(ccn2Cc2noc(-c3ccc(C(F)(F)F)cc3)n2)c1C(F)(F)F. The highest BCUT2D eigenvalue weighted by Crippen LogP contribution is 2.38. The first kappa shape index (κ1) is 20.5. The van der Waals surface area contributed by atoms with Gasteiger partial charge in [-0.25, -0.2) is 0 Å². The van der Waals surface area contributed by atoms with Gasteiger partial charge in [0.1, 0.15) is 0 Å². The van der Waals surface area contributed by atoms with E-state index in [9.17, 15) is 26.3 Å². The van der Waals surface area contributed by atoms with Crippen LogP contribution in [0.3, 0.4) is 0 Å². The molecule has 0 aliphatic heterocycles. The van der Waals surface area contributed by atoms with Crippen LogP contribution in [0.1, 0.15) is 22.5 Å². The fourth-order valence-electron chi connectivity index (χ4n) is 3.20. The third-order valence-electron chi connectivity index (χ3n) is 4.60. The van der Waals surface area contributed by atoms with E-state index in [0.29, 0.717) is 0 Å². The molecule has 158 valence electrons. The third-order valence-corrected chi connectivity index (χ3v) is 4.60. The Morgan fingerprint density at radius 1 is 0.935 bits per heavy atom. The number of nitrogens with zero attached hydrogens (tertiary/aromatic N) is 4. The minimum absolute atomic E-state index is 0.0251. The van der Waals surface area contributed by atoms with Gasteiger partial charge in [0.25, 0.3) is 5.89 Å². The van der Waals surface area contributed by atoms with Gasteiger partial charge in [0.2, 0.25) is 0 Å². The average molecular weight is 436 g/mol. The maximum absolute atomic E-state index is 13.4. The highest BCUT2D eigenvalue weighted by Gasteiger charge is 2.36. The molecule has 0 spiro atoms. The van der Waals surface area contributed by atoms with Gasteiger partial charge in [-0.15, -0.1) is 0 Å². The Labute approximate surface area is 170 Å². The Bertz CT molecular complexity index is 1290. The number of benzene rings is 2. The zero-order valence-electron chi connectivity index (χ0n) is 15.3. The molecule has 2 heterocycles. The molecule has 0 saturated heterocycles. The van der Waals surface area contributed by atoms with E-state index in [4.69, 9.17) is 9.78 Å². The lowest BCUT2D eigenvalue weighted by molar-refractivity contribution is -0.138. The van der Waals surface area contributed by atoms with Gasteiger partial charge in [0, 0.05) is 22.7 Å². The van der Waals surface area contributed by atoms with Crippen molar-refractivity contribution in [2.24, 2.45) is 0 Å². The van der Waals surface area contributed by atoms with E-state index in [0.717, 1.165) is 18.2 Å². The van der Waals surface area contributed by atoms with Crippen LogP contribution in [0.4, 0.5) is 26.3 Å². The maximum atomic E-state index is 13.4. The lowest BCUT2D eigenvalue weighted by atomic mass is 10.0. The van der Waals surface area contributed by atoms with Crippen LogP contribution in [-0.4, -0.2) is 14.7 Å². The van der Waals surface area contributed by atoms with E-state index in [2.05, 4.69) is 10.1 Å². The standard InChI is InChI=1S/C20H10F6N4O/c21-19(22,23)13-4-1-11(2-5-13)18-28-16(29-31-18)10-30-8-7-14-15(30)6-3-12(9-27)17(14)20(24,25)26/h1-8H,10H2. The fraction of sp³-hybridized carbons (Fsp3) is 0.150. The van der Waals surface area contributed by atoms with Crippen LogP contribution < -0.4 is 0 Å². The van der Waals surface area contributed by atoms with Crippen molar-refractivity contribution in [2.45, 2.75) is 18.9 Å². The predicted octanol–water partition coefficient (Wildman–Crippen LogP) is 5.65. The first-order valence-corrected chi connectivity index (χ1v) is 8.67. The zero-order valence-corrected chi connectivity index (χ0v) is 15.3. The van der Waals surface area contributed by atoms with Gasteiger partial charge in [-0.2, -0.15) is 36.6 Å². The molecule has 31 heavy (non-hydrogen) atoms. The number of nitriles is 1. The van der Waals surface area contributed by atoms with E-state index < -0.39 is 29.0 Å². The van der Waals surface area contributed by atoms with Crippen LogP contribution in [0.5, 0.6) is 0 Å². The number of fused-ring (bicyclic) bond motifs is 1. The van der Waals surface area contributed by atoms with E-state index in [1.165, 1.54) is 35.0 Å². The zero-order chi connectivity index (χ0) is 22.4. The smallest absolute Gasteiger partial charge is 0.340 e. The van der Waals surface area contributed by atoms with Gasteiger partial charge in [-0.3, -0.25) is 0 Å². The van der Waals surface area contributed by atoms with Gasteiger partial charge in [0.05, 0.1) is 29.3 Å². The summed E-state index contributed by atoms with van der Waals surface area (Å²) in [5.74, 6) is 0.0910. The molecule has 0 bridgehead atoms. The number of rotatable bonds is 3. The van der Waals surface area contributed by atoms with Gasteiger partial charge in [-0.1, -0.05) is 5.16 Å². The van der Waals surface area contributed by atoms with Gasteiger partial charge in [0.15, 0.2) is 5.82 Å². The summed E-state index contributed by atoms with van der Waals surface area (Å²) in [6.07, 6.45) is -7.79. The summed E-state index contributed by atoms with van der Waals surface area (Å²) in [5, 5.41) is 12.6. The quantitative estimate of drug-likeness (QED) is 0.390. The maximum Gasteiger partial charge on any atom is 0.418 e. The molecule has 0 unspecified atom stereocenters. The molecule has 0 atom stereocenters. The summed E-state index contributed by atoms with van der Waals surface area (Å²) in [4.78, 5) is 4.10. The molecule has 0 fully saturated rings. The van der Waals surface area contributed by atoms with Crippen LogP contribution in [0.2, 0.25) is 0 Å². The second kappa shape index (κ2) is 7.16. The number of hydrogen-bond donors (Lipinski definition) is 0. The number of halogens is 6. The van der Waals surface area contributed by atoms with Crippen molar-refractivity contribution in [1.82, 2.24) is 14.7 Å². The van der Waals surface area contributed by atoms with Crippen LogP contribution in [0, 0.1) is 11.3 Å². The minimum atomic E-state index is -4.71. The lowest BCUT2D eigenvalue weighted by Gasteiger charge is -2.11. The van der Waals surface area contributed by atoms with E-state index >= 15 is 0 Å². The molecule has 0 aliphatic carbocycles. The van der Waals surface area contributed by atoms with E-state index in [1.54, 1.807) is 6.07 Å². The molecule has 0 amide bonds. The minimum Gasteiger partial charge on any atom is -0.340 e. The summed E-state index contributed by atoms with van der Waals surface area (Å²) in [5.41, 5.74) is -1.85. The molecule has 0 aliphatic rings. The highest BCUT2D eigenvalue weighted by molar-refractivity contribution is 5.86. The fourth-order valence-corrected chi connectivity index (χ4v) is 3.20. The van der Waals surface area contributed by atoms with Crippen molar-refractivity contribution in [3.05, 3.63) is 71.2 Å². The molecular weight excluding hydrogens is 426 g/mol. The van der Waals surface area contributed by atoms with Crippen molar-refractivity contribution in [2.75, 3.05) is 0 Å². The largest absolute Gasteiger partial charge is 0.418 e. The second-order valence-corrected chi connectivity index (χ2v) is 6.56. The molecule has 2 aromatic heterocycles. The summed E-state index contributed by atoms with van der Waals surface area (Å²) in [7, 11) is 0. The van der Waals surface area contributed by atoms with E-state index in [-0.39, 0.29) is 34.7 Å². The summed E-state index contributed by atoms with van der Waals surface area (Å²) in [6.45, 7) is -0.0448. The average Bonchev–Trinajstić information content (AvgIpc) is 3.33. The molecule has 4 aromatic rings. The number of alkyl halides is 6. The molecule has 11 heteroatoms. The Morgan fingerprint density at radius 2 is 1.65 bits per heavy atom. The predicted molar refractivity (Wildman–Crippen MR) is 95.5 cm³/mol. The van der Waals surface area contributed by atoms with Crippen molar-refractivity contribution in [1.29, 1.82) is 5.26 Å². The van der Waals surface area contributed by atoms with Crippen molar-refractivity contribution < 1.29 is 30.9 Å². The van der Waals surface area contributed by atoms with Gasteiger partial charge in [-0.05, 0) is 42.5 Å². The molecule has 0 saturated carbocycles. The Balaban J connectivity index is 1.64. The molecule has 0 N–H and O–H groups in total. The number of hydrogen-bond acceptors (Lipinski definition) is 4. The lowest BCUT2D eigenvalue weighted by Crippen LogP contribution is -2.09. The normalized spacial score (nSPS) is 12.3. The van der Waals surface area contributed by atoms with Crippen LogP contribution in [-0.2, 0) is 18.9 Å². The monoisotopic (exact) mass is 436 g/mol. The Hall–Kier alpha value is -3.81. The molecule has 2 aromatic carbocycles. The topological polar surface area (TPSA) is 67.6 Å². The molecule has 4 rings (SSSR count). The van der Waals surface area contributed by atoms with Crippen LogP contribution in [0.25, 0.3) is 22.4 Å². The molecule has 0 radical (unpaired) electrons. The van der Waals surface area contributed by atoms with Crippen molar-refractivity contribution in [3.63, 3.8) is 0 Å². The third kappa shape index (κ3) is 3.84. The van der Waals surface area contributed by atoms with Gasteiger partial charge < -0.3 is 9.09 Å². The van der Waals surface area contributed by atoms with Crippen molar-refractivity contribution >= 4 is 10.9 Å². The first-order chi connectivity index (χ1) is 14.6. The molecular formula is C20H10F6N4O. The van der Waals surface area contributed by atoms with Gasteiger partial charge >= 0.3 is 12.4 Å². The summed E-state index contributed by atoms with van der Waals surface area (Å²) >= 11 is 0.